The van der Waals surface area contributed by atoms with Crippen molar-refractivity contribution >= 4 is 27.5 Å². The van der Waals surface area contributed by atoms with E-state index in [4.69, 9.17) is 15.6 Å². The fourth-order valence-electron chi connectivity index (χ4n) is 2.87. The molecule has 0 amide bonds. The van der Waals surface area contributed by atoms with Gasteiger partial charge >= 0.3 is 12.1 Å². The topological polar surface area (TPSA) is 76.2 Å². The van der Waals surface area contributed by atoms with Gasteiger partial charge in [-0.3, -0.25) is 4.98 Å². The van der Waals surface area contributed by atoms with Crippen molar-refractivity contribution in [2.45, 2.75) is 12.7 Å². The van der Waals surface area contributed by atoms with Crippen LogP contribution in [0.3, 0.4) is 0 Å². The number of benzene rings is 3. The van der Waals surface area contributed by atoms with Crippen molar-refractivity contribution in [3.63, 3.8) is 0 Å². The highest BCUT2D eigenvalue weighted by atomic mass is 19.4. The summed E-state index contributed by atoms with van der Waals surface area (Å²) < 4.78 is 31.7. The summed E-state index contributed by atoms with van der Waals surface area (Å²) in [5, 5.41) is 12.0. The Labute approximate surface area is 164 Å². The van der Waals surface area contributed by atoms with Gasteiger partial charge in [-0.2, -0.15) is 13.2 Å². The van der Waals surface area contributed by atoms with Crippen LogP contribution in [-0.4, -0.2) is 22.2 Å². The van der Waals surface area contributed by atoms with Gasteiger partial charge in [-0.1, -0.05) is 36.4 Å². The lowest BCUT2D eigenvalue weighted by atomic mass is 9.98. The van der Waals surface area contributed by atoms with Gasteiger partial charge in [-0.05, 0) is 57.1 Å². The van der Waals surface area contributed by atoms with E-state index in [2.05, 4.69) is 59.6 Å². The zero-order chi connectivity index (χ0) is 21.0. The highest BCUT2D eigenvalue weighted by Gasteiger charge is 2.38. The largest absolute Gasteiger partial charge is 0.490 e. The first-order valence-corrected chi connectivity index (χ1v) is 8.65. The predicted octanol–water partition coefficient (Wildman–Crippen LogP) is 5.15. The molecule has 7 heteroatoms. The Kier molecular flexibility index (Phi) is 5.79. The zero-order valence-corrected chi connectivity index (χ0v) is 15.1. The number of alkyl halides is 3. The molecule has 4 aromatic rings. The molecule has 1 aromatic heterocycles. The van der Waals surface area contributed by atoms with Gasteiger partial charge < -0.3 is 10.8 Å². The van der Waals surface area contributed by atoms with E-state index in [1.807, 2.05) is 18.5 Å². The molecular weight excluding hydrogens is 381 g/mol. The number of rotatable bonds is 2. The highest BCUT2D eigenvalue weighted by Crippen LogP contribution is 2.27. The molecule has 0 unspecified atom stereocenters. The maximum atomic E-state index is 10.6. The summed E-state index contributed by atoms with van der Waals surface area (Å²) in [6, 6.07) is 21.5. The smallest absolute Gasteiger partial charge is 0.475 e. The number of hydrogen-bond acceptors (Lipinski definition) is 3. The van der Waals surface area contributed by atoms with Gasteiger partial charge in [-0.15, -0.1) is 0 Å². The molecule has 0 spiro atoms. The number of halogens is 3. The van der Waals surface area contributed by atoms with Crippen LogP contribution in [0.25, 0.3) is 32.7 Å². The molecule has 0 fully saturated rings. The normalized spacial score (nSPS) is 11.2. The number of carboxylic acids is 1. The first kappa shape index (κ1) is 20.3. The third-order valence-corrected chi connectivity index (χ3v) is 4.36. The second-order valence-corrected chi connectivity index (χ2v) is 6.34. The second-order valence-electron chi connectivity index (χ2n) is 6.34. The number of nitrogens with zero attached hydrogens (tertiary/aromatic N) is 1. The van der Waals surface area contributed by atoms with Crippen molar-refractivity contribution in [1.29, 1.82) is 0 Å². The highest BCUT2D eigenvalue weighted by molar-refractivity contribution is 5.91. The number of hydrogen-bond donors (Lipinski definition) is 2. The molecule has 148 valence electrons. The summed E-state index contributed by atoms with van der Waals surface area (Å²) in [6.07, 6.45) is -1.35. The minimum absolute atomic E-state index is 0.573. The van der Waals surface area contributed by atoms with E-state index in [1.54, 1.807) is 0 Å². The minimum atomic E-state index is -5.08. The Balaban J connectivity index is 0.000000298. The lowest BCUT2D eigenvalue weighted by Gasteiger charge is -2.07. The van der Waals surface area contributed by atoms with Crippen LogP contribution in [0.2, 0.25) is 0 Å². The molecule has 3 N–H and O–H groups in total. The summed E-state index contributed by atoms with van der Waals surface area (Å²) in [5.41, 5.74) is 9.35. The number of aromatic nitrogens is 1. The minimum Gasteiger partial charge on any atom is -0.475 e. The fraction of sp³-hybridized carbons (Fsp3) is 0.0909. The summed E-state index contributed by atoms with van der Waals surface area (Å²) in [7, 11) is 0. The predicted molar refractivity (Wildman–Crippen MR) is 106 cm³/mol. The molecule has 3 aromatic carbocycles. The first-order valence-electron chi connectivity index (χ1n) is 8.65. The SMILES string of the molecule is NCc1ccc2ccc(-c3ccc4cnccc4c3)cc2c1.O=C(O)C(F)(F)F. The number of fused-ring (bicyclic) bond motifs is 2. The van der Waals surface area contributed by atoms with Crippen LogP contribution in [0, 0.1) is 0 Å². The zero-order valence-electron chi connectivity index (χ0n) is 15.1. The van der Waals surface area contributed by atoms with E-state index in [0.29, 0.717) is 6.54 Å². The Hall–Kier alpha value is -3.45. The first-order chi connectivity index (χ1) is 13.8. The molecule has 0 bridgehead atoms. The lowest BCUT2D eigenvalue weighted by Crippen LogP contribution is -2.21. The van der Waals surface area contributed by atoms with Crippen LogP contribution in [0.5, 0.6) is 0 Å². The van der Waals surface area contributed by atoms with E-state index >= 15 is 0 Å². The van der Waals surface area contributed by atoms with Gasteiger partial charge in [0.2, 0.25) is 0 Å². The van der Waals surface area contributed by atoms with Crippen molar-refractivity contribution in [3.8, 4) is 11.1 Å². The summed E-state index contributed by atoms with van der Waals surface area (Å²) in [6.45, 7) is 0.573. The molecular formula is C22H17F3N2O2. The monoisotopic (exact) mass is 398 g/mol. The van der Waals surface area contributed by atoms with Crippen LogP contribution in [0.4, 0.5) is 13.2 Å². The van der Waals surface area contributed by atoms with Crippen molar-refractivity contribution in [1.82, 2.24) is 4.98 Å². The van der Waals surface area contributed by atoms with Gasteiger partial charge in [0.25, 0.3) is 0 Å². The molecule has 0 aliphatic carbocycles. The van der Waals surface area contributed by atoms with E-state index in [1.165, 1.54) is 27.3 Å². The fourth-order valence-corrected chi connectivity index (χ4v) is 2.87. The number of carboxylic acid groups (broad SMARTS) is 1. The van der Waals surface area contributed by atoms with Gasteiger partial charge in [0.1, 0.15) is 0 Å². The van der Waals surface area contributed by atoms with E-state index < -0.39 is 12.1 Å². The lowest BCUT2D eigenvalue weighted by molar-refractivity contribution is -0.192. The summed E-state index contributed by atoms with van der Waals surface area (Å²) in [4.78, 5) is 13.1. The molecule has 4 nitrogen and oxygen atoms in total. The molecule has 29 heavy (non-hydrogen) atoms. The second kappa shape index (κ2) is 8.28. The molecule has 0 aliphatic heterocycles. The molecule has 0 radical (unpaired) electrons. The van der Waals surface area contributed by atoms with Gasteiger partial charge in [0, 0.05) is 24.3 Å². The van der Waals surface area contributed by atoms with Crippen LogP contribution in [0.15, 0.2) is 73.1 Å². The molecule has 0 aliphatic rings. The quantitative estimate of drug-likeness (QED) is 0.490. The third kappa shape index (κ3) is 4.89. The number of pyridine rings is 1. The van der Waals surface area contributed by atoms with Gasteiger partial charge in [-0.25, -0.2) is 4.79 Å². The molecule has 0 saturated heterocycles. The maximum Gasteiger partial charge on any atom is 0.490 e. The third-order valence-electron chi connectivity index (χ3n) is 4.36. The summed E-state index contributed by atoms with van der Waals surface area (Å²) >= 11 is 0. The number of aliphatic carboxylic acids is 1. The average molecular weight is 398 g/mol. The van der Waals surface area contributed by atoms with Crippen molar-refractivity contribution in [2.24, 2.45) is 5.73 Å². The molecule has 0 atom stereocenters. The van der Waals surface area contributed by atoms with Gasteiger partial charge in [0.05, 0.1) is 0 Å². The maximum absolute atomic E-state index is 10.6. The number of carbonyl (C=O) groups is 1. The Morgan fingerprint density at radius 3 is 2.07 bits per heavy atom. The van der Waals surface area contributed by atoms with Gasteiger partial charge in [0.15, 0.2) is 0 Å². The van der Waals surface area contributed by atoms with Crippen LogP contribution in [-0.2, 0) is 11.3 Å². The van der Waals surface area contributed by atoms with E-state index in [0.717, 1.165) is 10.9 Å². The Morgan fingerprint density at radius 1 is 0.862 bits per heavy atom. The van der Waals surface area contributed by atoms with Crippen molar-refractivity contribution in [3.05, 3.63) is 78.6 Å². The Bertz CT molecular complexity index is 1170. The van der Waals surface area contributed by atoms with Crippen molar-refractivity contribution < 1.29 is 23.1 Å². The standard InChI is InChI=1S/C20H16N2.C2HF3O2/c21-12-14-1-2-15-3-4-17(11-20(15)9-14)16-5-6-19-13-22-8-7-18(19)10-16;3-2(4,5)1(6)7/h1-11,13H,12,21H2;(H,6,7). The number of nitrogens with two attached hydrogens (primary N) is 1. The van der Waals surface area contributed by atoms with Crippen LogP contribution in [0.1, 0.15) is 5.56 Å². The van der Waals surface area contributed by atoms with Crippen LogP contribution >= 0.6 is 0 Å². The van der Waals surface area contributed by atoms with Crippen molar-refractivity contribution in [2.75, 3.05) is 0 Å². The van der Waals surface area contributed by atoms with Crippen LogP contribution < -0.4 is 5.73 Å². The molecule has 0 saturated carbocycles. The van der Waals surface area contributed by atoms with E-state index in [9.17, 15) is 13.2 Å². The molecule has 4 rings (SSSR count). The Morgan fingerprint density at radius 2 is 1.45 bits per heavy atom. The molecule has 1 heterocycles. The van der Waals surface area contributed by atoms with E-state index in [-0.39, 0.29) is 0 Å². The summed E-state index contributed by atoms with van der Waals surface area (Å²) in [5.74, 6) is -2.76. The average Bonchev–Trinajstić information content (AvgIpc) is 2.72.